The van der Waals surface area contributed by atoms with Gasteiger partial charge in [-0.2, -0.15) is 0 Å². The first-order valence-corrected chi connectivity index (χ1v) is 7.06. The lowest BCUT2D eigenvalue weighted by Gasteiger charge is -2.23. The van der Waals surface area contributed by atoms with Crippen LogP contribution in [-0.2, 0) is 0 Å². The average molecular weight is 273 g/mol. The Labute approximate surface area is 120 Å². The maximum Gasteiger partial charge on any atom is 0.171 e. The van der Waals surface area contributed by atoms with Crippen LogP contribution in [0.2, 0.25) is 0 Å². The Kier molecular flexibility index (Phi) is 4.50. The second-order valence-electron chi connectivity index (χ2n) is 5.38. The summed E-state index contributed by atoms with van der Waals surface area (Å²) in [6.45, 7) is 8.10. The smallest absolute Gasteiger partial charge is 0.171 e. The minimum Gasteiger partial charge on any atom is -0.481 e. The van der Waals surface area contributed by atoms with Gasteiger partial charge in [0.05, 0.1) is 0 Å². The van der Waals surface area contributed by atoms with E-state index < -0.39 is 0 Å². The minimum atomic E-state index is -0.255. The Morgan fingerprint density at radius 3 is 2.25 bits per heavy atom. The van der Waals surface area contributed by atoms with Gasteiger partial charge >= 0.3 is 0 Å². The molecule has 0 aliphatic heterocycles. The fourth-order valence-corrected chi connectivity index (χ4v) is 2.32. The van der Waals surface area contributed by atoms with Crippen LogP contribution < -0.4 is 10.5 Å². The zero-order valence-corrected chi connectivity index (χ0v) is 12.6. The van der Waals surface area contributed by atoms with E-state index in [2.05, 4.69) is 26.8 Å². The van der Waals surface area contributed by atoms with Gasteiger partial charge in [-0.15, -0.1) is 0 Å². The van der Waals surface area contributed by atoms with E-state index in [0.717, 1.165) is 23.7 Å². The number of ether oxygens (including phenoxy) is 1. The second kappa shape index (κ2) is 6.14. The molecule has 108 valence electrons. The third kappa shape index (κ3) is 3.42. The fraction of sp³-hybridized carbons (Fsp3) is 0.412. The Balaban J connectivity index is 2.28. The van der Waals surface area contributed by atoms with E-state index in [0.29, 0.717) is 0 Å². The van der Waals surface area contributed by atoms with Crippen molar-refractivity contribution in [3.05, 3.63) is 53.0 Å². The highest BCUT2D eigenvalue weighted by Gasteiger charge is 2.23. The fourth-order valence-electron chi connectivity index (χ4n) is 2.32. The summed E-state index contributed by atoms with van der Waals surface area (Å²) >= 11 is 0. The summed E-state index contributed by atoms with van der Waals surface area (Å²) in [7, 11) is 0. The van der Waals surface area contributed by atoms with Crippen LogP contribution in [-0.4, -0.2) is 6.04 Å². The maximum absolute atomic E-state index is 6.20. The first kappa shape index (κ1) is 14.7. The van der Waals surface area contributed by atoms with E-state index in [1.807, 2.05) is 31.2 Å². The van der Waals surface area contributed by atoms with Gasteiger partial charge in [-0.1, -0.05) is 13.0 Å². The summed E-state index contributed by atoms with van der Waals surface area (Å²) in [5.74, 6) is 2.50. The van der Waals surface area contributed by atoms with Crippen LogP contribution in [0.1, 0.15) is 42.1 Å². The predicted molar refractivity (Wildman–Crippen MR) is 81.0 cm³/mol. The standard InChI is InChI=1S/C17H23NO2/c1-5-15(18)17(16-7-6-13(4)19-16)20-14-9-11(2)8-12(3)10-14/h6-10,15,17H,5,18H2,1-4H3. The van der Waals surface area contributed by atoms with Gasteiger partial charge in [-0.25, -0.2) is 0 Å². The van der Waals surface area contributed by atoms with E-state index in [-0.39, 0.29) is 12.1 Å². The molecule has 2 unspecified atom stereocenters. The molecule has 0 aliphatic carbocycles. The van der Waals surface area contributed by atoms with Crippen molar-refractivity contribution in [1.82, 2.24) is 0 Å². The summed E-state index contributed by atoms with van der Waals surface area (Å²) < 4.78 is 11.8. The summed E-state index contributed by atoms with van der Waals surface area (Å²) in [5.41, 5.74) is 8.56. The van der Waals surface area contributed by atoms with Crippen molar-refractivity contribution in [2.45, 2.75) is 46.3 Å². The van der Waals surface area contributed by atoms with Crippen LogP contribution in [0.15, 0.2) is 34.7 Å². The molecule has 0 amide bonds. The van der Waals surface area contributed by atoms with Gasteiger partial charge in [0.1, 0.15) is 17.3 Å². The van der Waals surface area contributed by atoms with Crippen molar-refractivity contribution in [2.75, 3.05) is 0 Å². The number of aryl methyl sites for hydroxylation is 3. The molecule has 0 spiro atoms. The first-order valence-electron chi connectivity index (χ1n) is 7.06. The normalized spacial score (nSPS) is 14.1. The zero-order valence-electron chi connectivity index (χ0n) is 12.6. The molecule has 3 heteroatoms. The van der Waals surface area contributed by atoms with Crippen LogP contribution in [0.4, 0.5) is 0 Å². The number of rotatable bonds is 5. The van der Waals surface area contributed by atoms with Crippen LogP contribution in [0.3, 0.4) is 0 Å². The number of nitrogens with two attached hydrogens (primary N) is 1. The summed E-state index contributed by atoms with van der Waals surface area (Å²) in [5, 5.41) is 0. The molecule has 1 aromatic heterocycles. The molecule has 20 heavy (non-hydrogen) atoms. The molecular weight excluding hydrogens is 250 g/mol. The van der Waals surface area contributed by atoms with E-state index >= 15 is 0 Å². The van der Waals surface area contributed by atoms with Crippen molar-refractivity contribution < 1.29 is 9.15 Å². The molecule has 2 aromatic rings. The van der Waals surface area contributed by atoms with E-state index in [1.54, 1.807) is 0 Å². The number of hydrogen-bond acceptors (Lipinski definition) is 3. The molecule has 0 radical (unpaired) electrons. The lowest BCUT2D eigenvalue weighted by atomic mass is 10.1. The molecule has 0 saturated carbocycles. The number of furan rings is 1. The van der Waals surface area contributed by atoms with Crippen molar-refractivity contribution in [3.63, 3.8) is 0 Å². The van der Waals surface area contributed by atoms with E-state index in [4.69, 9.17) is 14.9 Å². The summed E-state index contributed by atoms with van der Waals surface area (Å²) in [4.78, 5) is 0. The first-order chi connectivity index (χ1) is 9.49. The average Bonchev–Trinajstić information content (AvgIpc) is 2.80. The predicted octanol–water partition coefficient (Wildman–Crippen LogP) is 4.06. The Morgan fingerprint density at radius 2 is 1.75 bits per heavy atom. The molecule has 0 bridgehead atoms. The highest BCUT2D eigenvalue weighted by atomic mass is 16.5. The van der Waals surface area contributed by atoms with Crippen molar-refractivity contribution >= 4 is 0 Å². The SMILES string of the molecule is CCC(N)C(Oc1cc(C)cc(C)c1)c1ccc(C)o1. The number of hydrogen-bond donors (Lipinski definition) is 1. The molecule has 3 nitrogen and oxygen atoms in total. The van der Waals surface area contributed by atoms with Crippen LogP contribution in [0.25, 0.3) is 0 Å². The van der Waals surface area contributed by atoms with Crippen molar-refractivity contribution in [2.24, 2.45) is 5.73 Å². The van der Waals surface area contributed by atoms with Crippen LogP contribution >= 0.6 is 0 Å². The molecule has 0 fully saturated rings. The van der Waals surface area contributed by atoms with Gasteiger partial charge in [0.2, 0.25) is 0 Å². The molecule has 1 heterocycles. The Hall–Kier alpha value is -1.74. The van der Waals surface area contributed by atoms with Crippen molar-refractivity contribution in [3.8, 4) is 5.75 Å². The van der Waals surface area contributed by atoms with Gasteiger partial charge in [-0.3, -0.25) is 0 Å². The second-order valence-corrected chi connectivity index (χ2v) is 5.38. The largest absolute Gasteiger partial charge is 0.481 e. The highest BCUT2D eigenvalue weighted by Crippen LogP contribution is 2.28. The van der Waals surface area contributed by atoms with Gasteiger partial charge < -0.3 is 14.9 Å². The van der Waals surface area contributed by atoms with Gasteiger partial charge in [0, 0.05) is 6.04 Å². The van der Waals surface area contributed by atoms with E-state index in [9.17, 15) is 0 Å². The van der Waals surface area contributed by atoms with E-state index in [1.165, 1.54) is 11.1 Å². The van der Waals surface area contributed by atoms with Crippen LogP contribution in [0.5, 0.6) is 5.75 Å². The third-order valence-corrected chi connectivity index (χ3v) is 3.36. The zero-order chi connectivity index (χ0) is 14.7. The Bertz CT molecular complexity index is 554. The summed E-state index contributed by atoms with van der Waals surface area (Å²) in [6.07, 6.45) is 0.574. The highest BCUT2D eigenvalue weighted by molar-refractivity contribution is 5.33. The lowest BCUT2D eigenvalue weighted by Crippen LogP contribution is -2.31. The molecule has 0 aliphatic rings. The quantitative estimate of drug-likeness (QED) is 0.893. The Morgan fingerprint density at radius 1 is 1.10 bits per heavy atom. The lowest BCUT2D eigenvalue weighted by molar-refractivity contribution is 0.143. The van der Waals surface area contributed by atoms with Gasteiger partial charge in [-0.05, 0) is 62.6 Å². The molecule has 2 atom stereocenters. The molecule has 0 saturated heterocycles. The summed E-state index contributed by atoms with van der Waals surface area (Å²) in [6, 6.07) is 9.96. The topological polar surface area (TPSA) is 48.4 Å². The molecule has 1 aromatic carbocycles. The monoisotopic (exact) mass is 273 g/mol. The van der Waals surface area contributed by atoms with Crippen molar-refractivity contribution in [1.29, 1.82) is 0 Å². The van der Waals surface area contributed by atoms with Crippen LogP contribution in [0, 0.1) is 20.8 Å². The maximum atomic E-state index is 6.20. The third-order valence-electron chi connectivity index (χ3n) is 3.36. The minimum absolute atomic E-state index is 0.0960. The van der Waals surface area contributed by atoms with Gasteiger partial charge in [0.25, 0.3) is 0 Å². The molecule has 2 N–H and O–H groups in total. The molecule has 2 rings (SSSR count). The molecular formula is C17H23NO2. The number of benzene rings is 1. The van der Waals surface area contributed by atoms with Gasteiger partial charge in [0.15, 0.2) is 6.10 Å².